The summed E-state index contributed by atoms with van der Waals surface area (Å²) < 4.78 is 11.3. The van der Waals surface area contributed by atoms with Gasteiger partial charge in [-0.05, 0) is 42.9 Å². The molecule has 0 radical (unpaired) electrons. The summed E-state index contributed by atoms with van der Waals surface area (Å²) in [6.07, 6.45) is 3.42. The summed E-state index contributed by atoms with van der Waals surface area (Å²) in [7, 11) is -1.68. The van der Waals surface area contributed by atoms with Gasteiger partial charge in [0.05, 0.1) is 6.04 Å². The van der Waals surface area contributed by atoms with Gasteiger partial charge in [-0.3, -0.25) is 4.79 Å². The van der Waals surface area contributed by atoms with Gasteiger partial charge in [-0.1, -0.05) is 32.3 Å². The Kier molecular flexibility index (Phi) is 6.90. The smallest absolute Gasteiger partial charge is 0.306 e. The fraction of sp³-hybridized carbons (Fsp3) is 0.933. The van der Waals surface area contributed by atoms with Crippen molar-refractivity contribution in [3.05, 3.63) is 10.4 Å². The Morgan fingerprint density at radius 1 is 1.45 bits per heavy atom. The lowest BCUT2D eigenvalue weighted by Crippen LogP contribution is -2.41. The van der Waals surface area contributed by atoms with E-state index in [-0.39, 0.29) is 23.2 Å². The predicted molar refractivity (Wildman–Crippen MR) is 89.0 cm³/mol. The molecule has 0 amide bonds. The molecule has 0 saturated carbocycles. The minimum absolute atomic E-state index is 0.190. The molecule has 0 spiro atoms. The van der Waals surface area contributed by atoms with Crippen molar-refractivity contribution in [2.45, 2.75) is 83.2 Å². The fourth-order valence-electron chi connectivity index (χ4n) is 2.20. The van der Waals surface area contributed by atoms with Gasteiger partial charge in [-0.2, -0.15) is 0 Å². The molecule has 0 aromatic heterocycles. The van der Waals surface area contributed by atoms with Crippen molar-refractivity contribution in [1.29, 1.82) is 0 Å². The van der Waals surface area contributed by atoms with Crippen molar-refractivity contribution < 1.29 is 14.0 Å². The van der Waals surface area contributed by atoms with Crippen LogP contribution in [0.25, 0.3) is 10.4 Å². The highest BCUT2D eigenvalue weighted by molar-refractivity contribution is 6.74. The molecule has 0 aromatic rings. The van der Waals surface area contributed by atoms with Crippen LogP contribution in [0, 0.1) is 0 Å². The van der Waals surface area contributed by atoms with Gasteiger partial charge in [0.15, 0.2) is 8.32 Å². The number of unbranched alkanes of at least 4 members (excludes halogenated alkanes) is 1. The first-order valence-electron chi connectivity index (χ1n) is 8.05. The van der Waals surface area contributed by atoms with Gasteiger partial charge in [-0.15, -0.1) is 0 Å². The Morgan fingerprint density at radius 2 is 2.14 bits per heavy atom. The van der Waals surface area contributed by atoms with Gasteiger partial charge in [-0.25, -0.2) is 0 Å². The third kappa shape index (κ3) is 5.63. The van der Waals surface area contributed by atoms with E-state index in [1.165, 1.54) is 0 Å². The van der Waals surface area contributed by atoms with Crippen molar-refractivity contribution >= 4 is 14.3 Å². The lowest BCUT2D eigenvalue weighted by atomic mass is 10.0. The molecule has 126 valence electrons. The molecule has 0 aliphatic carbocycles. The van der Waals surface area contributed by atoms with Crippen LogP contribution in [-0.2, 0) is 14.0 Å². The minimum Gasteiger partial charge on any atom is -0.462 e. The zero-order valence-corrected chi connectivity index (χ0v) is 15.5. The Hall–Kier alpha value is -1.04. The Bertz CT molecular complexity index is 428. The molecule has 1 aliphatic heterocycles. The molecule has 22 heavy (non-hydrogen) atoms. The third-order valence-corrected chi connectivity index (χ3v) is 9.25. The second-order valence-electron chi connectivity index (χ2n) is 7.44. The molecular formula is C15H29N3O3Si. The molecule has 1 fully saturated rings. The maximum atomic E-state index is 11.2. The van der Waals surface area contributed by atoms with Crippen LogP contribution in [0.1, 0.15) is 52.9 Å². The van der Waals surface area contributed by atoms with Crippen molar-refractivity contribution in [3.63, 3.8) is 0 Å². The topological polar surface area (TPSA) is 84.3 Å². The van der Waals surface area contributed by atoms with Crippen LogP contribution in [0.2, 0.25) is 18.1 Å². The molecule has 0 aromatic carbocycles. The van der Waals surface area contributed by atoms with Crippen molar-refractivity contribution in [3.8, 4) is 0 Å². The van der Waals surface area contributed by atoms with Gasteiger partial charge < -0.3 is 9.16 Å². The van der Waals surface area contributed by atoms with Gasteiger partial charge in [0.2, 0.25) is 0 Å². The molecule has 1 heterocycles. The second-order valence-corrected chi connectivity index (χ2v) is 12.3. The van der Waals surface area contributed by atoms with E-state index in [4.69, 9.17) is 14.7 Å². The molecule has 2 atom stereocenters. The first-order valence-corrected chi connectivity index (χ1v) is 11.0. The number of azide groups is 1. The van der Waals surface area contributed by atoms with E-state index in [2.05, 4.69) is 43.9 Å². The van der Waals surface area contributed by atoms with Gasteiger partial charge >= 0.3 is 5.97 Å². The lowest BCUT2D eigenvalue weighted by Gasteiger charge is -2.36. The molecule has 1 saturated heterocycles. The Morgan fingerprint density at radius 3 is 2.64 bits per heavy atom. The summed E-state index contributed by atoms with van der Waals surface area (Å²) in [6.45, 7) is 11.9. The van der Waals surface area contributed by atoms with Crippen LogP contribution in [0.4, 0.5) is 0 Å². The summed E-state index contributed by atoms with van der Waals surface area (Å²) in [5, 5.41) is 4.02. The summed E-state index contributed by atoms with van der Waals surface area (Å²) in [5.74, 6) is -0.190. The van der Waals surface area contributed by atoms with Crippen molar-refractivity contribution in [1.82, 2.24) is 0 Å². The number of nitrogens with zero attached hydrogens (tertiary/aromatic N) is 3. The van der Waals surface area contributed by atoms with Crippen LogP contribution in [0.3, 0.4) is 0 Å². The highest BCUT2D eigenvalue weighted by atomic mass is 28.4. The molecule has 7 heteroatoms. The highest BCUT2D eigenvalue weighted by Crippen LogP contribution is 2.36. The minimum atomic E-state index is -1.68. The van der Waals surface area contributed by atoms with E-state index in [9.17, 15) is 4.79 Å². The standard InChI is InChI=1S/C15H29N3O3Si/c1-15(2,3)22(4,5)20-11-7-6-8-12(17-18-16)13-9-10-14(19)21-13/h12-13H,6-11H2,1-5H3/t12-,13+/m1/s1. The van der Waals surface area contributed by atoms with Crippen LogP contribution in [0.5, 0.6) is 0 Å². The fourth-order valence-corrected chi connectivity index (χ4v) is 3.29. The lowest BCUT2D eigenvalue weighted by molar-refractivity contribution is -0.142. The summed E-state index contributed by atoms with van der Waals surface area (Å²) in [4.78, 5) is 14.1. The average molecular weight is 328 g/mol. The maximum absolute atomic E-state index is 11.2. The van der Waals surface area contributed by atoms with Gasteiger partial charge in [0.1, 0.15) is 6.10 Å². The van der Waals surface area contributed by atoms with E-state index in [0.29, 0.717) is 12.8 Å². The van der Waals surface area contributed by atoms with E-state index < -0.39 is 8.32 Å². The first-order chi connectivity index (χ1) is 10.2. The zero-order chi connectivity index (χ0) is 16.8. The number of carbonyl (C=O) groups excluding carboxylic acids is 1. The van der Waals surface area contributed by atoms with E-state index in [1.54, 1.807) is 0 Å². The molecule has 1 rings (SSSR count). The number of ether oxygens (including phenoxy) is 1. The number of rotatable bonds is 8. The van der Waals surface area contributed by atoms with E-state index in [1.807, 2.05) is 0 Å². The number of esters is 1. The second kappa shape index (κ2) is 7.99. The molecule has 0 bridgehead atoms. The van der Waals surface area contributed by atoms with Crippen LogP contribution in [0.15, 0.2) is 5.11 Å². The molecule has 6 nitrogen and oxygen atoms in total. The van der Waals surface area contributed by atoms with Crippen molar-refractivity contribution in [2.24, 2.45) is 5.11 Å². The summed E-state index contributed by atoms with van der Waals surface area (Å²) >= 11 is 0. The summed E-state index contributed by atoms with van der Waals surface area (Å²) in [5.41, 5.74) is 8.66. The molecule has 0 unspecified atom stereocenters. The summed E-state index contributed by atoms with van der Waals surface area (Å²) in [6, 6.07) is -0.246. The first kappa shape index (κ1) is 19.0. The van der Waals surface area contributed by atoms with Crippen LogP contribution in [-0.4, -0.2) is 33.0 Å². The number of carbonyl (C=O) groups is 1. The average Bonchev–Trinajstić information content (AvgIpc) is 2.82. The SMILES string of the molecule is CC(C)(C)[Si](C)(C)OCCCC[C@@H](N=[N+]=[N-])[C@@H]1CCC(=O)O1. The number of hydrogen-bond donors (Lipinski definition) is 0. The van der Waals surface area contributed by atoms with Crippen LogP contribution >= 0.6 is 0 Å². The van der Waals surface area contributed by atoms with Gasteiger partial charge in [0, 0.05) is 17.9 Å². The van der Waals surface area contributed by atoms with E-state index >= 15 is 0 Å². The van der Waals surface area contributed by atoms with Crippen LogP contribution < -0.4 is 0 Å². The highest BCUT2D eigenvalue weighted by Gasteiger charge is 2.36. The predicted octanol–water partition coefficient (Wildman–Crippen LogP) is 4.56. The van der Waals surface area contributed by atoms with E-state index in [0.717, 1.165) is 25.9 Å². The molecule has 0 N–H and O–H groups in total. The maximum Gasteiger partial charge on any atom is 0.306 e. The van der Waals surface area contributed by atoms with Gasteiger partial charge in [0.25, 0.3) is 0 Å². The van der Waals surface area contributed by atoms with Crippen molar-refractivity contribution in [2.75, 3.05) is 6.61 Å². The number of cyclic esters (lactones) is 1. The Balaban J connectivity index is 2.32. The molecular weight excluding hydrogens is 298 g/mol. The number of hydrogen-bond acceptors (Lipinski definition) is 4. The zero-order valence-electron chi connectivity index (χ0n) is 14.5. The molecule has 1 aliphatic rings. The monoisotopic (exact) mass is 327 g/mol. The quantitative estimate of drug-likeness (QED) is 0.163. The largest absolute Gasteiger partial charge is 0.462 e. The third-order valence-electron chi connectivity index (χ3n) is 4.71. The normalized spacial score (nSPS) is 20.4. The Labute approximate surface area is 134 Å².